The SMILES string of the molecule is O=C1CCCCN1CC(=O)N1CC[C@](Cc2ccccc2)(C(=O)O)[C@H](O)C1. The predicted molar refractivity (Wildman–Crippen MR) is 97.8 cm³/mol. The Bertz CT molecular complexity index is 708. The molecule has 2 aliphatic rings. The van der Waals surface area contributed by atoms with Gasteiger partial charge in [-0.25, -0.2) is 0 Å². The first-order valence-electron chi connectivity index (χ1n) is 9.43. The highest BCUT2D eigenvalue weighted by Crippen LogP contribution is 2.36. The van der Waals surface area contributed by atoms with Gasteiger partial charge in [0.25, 0.3) is 0 Å². The van der Waals surface area contributed by atoms with E-state index in [-0.39, 0.29) is 44.3 Å². The van der Waals surface area contributed by atoms with Gasteiger partial charge in [-0.3, -0.25) is 14.4 Å². The fraction of sp³-hybridized carbons (Fsp3) is 0.550. The van der Waals surface area contributed by atoms with Crippen LogP contribution in [0.15, 0.2) is 30.3 Å². The number of hydrogen-bond acceptors (Lipinski definition) is 4. The Morgan fingerprint density at radius 3 is 2.52 bits per heavy atom. The second kappa shape index (κ2) is 8.08. The average molecular weight is 374 g/mol. The van der Waals surface area contributed by atoms with Crippen LogP contribution in [0.5, 0.6) is 0 Å². The van der Waals surface area contributed by atoms with Crippen molar-refractivity contribution in [1.29, 1.82) is 0 Å². The van der Waals surface area contributed by atoms with Gasteiger partial charge in [0.2, 0.25) is 11.8 Å². The van der Waals surface area contributed by atoms with Crippen LogP contribution in [0, 0.1) is 5.41 Å². The summed E-state index contributed by atoms with van der Waals surface area (Å²) < 4.78 is 0. The molecule has 0 aliphatic carbocycles. The third-order valence-electron chi connectivity index (χ3n) is 5.75. The summed E-state index contributed by atoms with van der Waals surface area (Å²) in [5, 5.41) is 20.5. The number of amides is 2. The number of piperidine rings is 2. The van der Waals surface area contributed by atoms with Gasteiger partial charge in [-0.05, 0) is 31.2 Å². The highest BCUT2D eigenvalue weighted by molar-refractivity contribution is 5.85. The summed E-state index contributed by atoms with van der Waals surface area (Å²) in [6.45, 7) is 0.815. The Hall–Kier alpha value is -2.41. The van der Waals surface area contributed by atoms with E-state index in [4.69, 9.17) is 0 Å². The second-order valence-electron chi connectivity index (χ2n) is 7.50. The van der Waals surface area contributed by atoms with Crippen molar-refractivity contribution in [1.82, 2.24) is 9.80 Å². The summed E-state index contributed by atoms with van der Waals surface area (Å²) in [4.78, 5) is 39.5. The number of aliphatic carboxylic acids is 1. The first kappa shape index (κ1) is 19.4. The molecule has 7 heteroatoms. The van der Waals surface area contributed by atoms with Crippen molar-refractivity contribution in [2.45, 2.75) is 38.2 Å². The number of aliphatic hydroxyl groups excluding tert-OH is 1. The Kier molecular flexibility index (Phi) is 5.79. The topological polar surface area (TPSA) is 98.2 Å². The molecule has 146 valence electrons. The van der Waals surface area contributed by atoms with Crippen LogP contribution in [-0.2, 0) is 20.8 Å². The first-order valence-corrected chi connectivity index (χ1v) is 9.43. The van der Waals surface area contributed by atoms with E-state index in [1.165, 1.54) is 4.90 Å². The number of β-amino-alcohol motifs (C(OH)–C–C–N with tert-alkyl or cyclic N) is 1. The number of rotatable bonds is 5. The van der Waals surface area contributed by atoms with Gasteiger partial charge in [0, 0.05) is 26.1 Å². The van der Waals surface area contributed by atoms with Gasteiger partial charge in [0.05, 0.1) is 12.6 Å². The molecule has 0 unspecified atom stereocenters. The van der Waals surface area contributed by atoms with Crippen LogP contribution in [0.3, 0.4) is 0 Å². The smallest absolute Gasteiger partial charge is 0.312 e. The van der Waals surface area contributed by atoms with Gasteiger partial charge >= 0.3 is 5.97 Å². The van der Waals surface area contributed by atoms with E-state index < -0.39 is 17.5 Å². The zero-order chi connectivity index (χ0) is 19.4. The molecular weight excluding hydrogens is 348 g/mol. The number of carboxylic acids is 1. The summed E-state index contributed by atoms with van der Waals surface area (Å²) in [7, 11) is 0. The van der Waals surface area contributed by atoms with Crippen molar-refractivity contribution < 1.29 is 24.6 Å². The molecule has 1 aromatic rings. The molecule has 7 nitrogen and oxygen atoms in total. The van der Waals surface area contributed by atoms with Crippen molar-refractivity contribution >= 4 is 17.8 Å². The lowest BCUT2D eigenvalue weighted by Crippen LogP contribution is -2.58. The summed E-state index contributed by atoms with van der Waals surface area (Å²) in [6.07, 6.45) is 1.45. The molecule has 3 rings (SSSR count). The fourth-order valence-electron chi connectivity index (χ4n) is 3.99. The van der Waals surface area contributed by atoms with Crippen molar-refractivity contribution in [2.75, 3.05) is 26.2 Å². The molecule has 27 heavy (non-hydrogen) atoms. The number of nitrogens with zero attached hydrogens (tertiary/aromatic N) is 2. The minimum atomic E-state index is -1.31. The van der Waals surface area contributed by atoms with E-state index in [9.17, 15) is 24.6 Å². The molecule has 2 saturated heterocycles. The van der Waals surface area contributed by atoms with Crippen molar-refractivity contribution in [3.05, 3.63) is 35.9 Å². The quantitative estimate of drug-likeness (QED) is 0.798. The van der Waals surface area contributed by atoms with Crippen LogP contribution in [-0.4, -0.2) is 70.1 Å². The van der Waals surface area contributed by atoms with Gasteiger partial charge in [0.15, 0.2) is 0 Å². The monoisotopic (exact) mass is 374 g/mol. The molecule has 0 spiro atoms. The summed E-state index contributed by atoms with van der Waals surface area (Å²) >= 11 is 0. The number of carbonyl (C=O) groups excluding carboxylic acids is 2. The number of hydrogen-bond donors (Lipinski definition) is 2. The third-order valence-corrected chi connectivity index (χ3v) is 5.75. The maximum Gasteiger partial charge on any atom is 0.312 e. The van der Waals surface area contributed by atoms with Crippen molar-refractivity contribution in [2.24, 2.45) is 5.41 Å². The second-order valence-corrected chi connectivity index (χ2v) is 7.50. The largest absolute Gasteiger partial charge is 0.481 e. The Morgan fingerprint density at radius 2 is 1.89 bits per heavy atom. The Balaban J connectivity index is 1.66. The molecular formula is C20H26N2O5. The molecule has 0 radical (unpaired) electrons. The number of likely N-dealkylation sites (tertiary alicyclic amines) is 2. The molecule has 2 amide bonds. The lowest BCUT2D eigenvalue weighted by Gasteiger charge is -2.43. The number of carboxylic acid groups (broad SMARTS) is 1. The van der Waals surface area contributed by atoms with E-state index in [0.29, 0.717) is 13.0 Å². The summed E-state index contributed by atoms with van der Waals surface area (Å²) in [5.41, 5.74) is -0.461. The molecule has 0 bridgehead atoms. The maximum absolute atomic E-state index is 12.6. The number of carbonyl (C=O) groups is 3. The van der Waals surface area contributed by atoms with Gasteiger partial charge in [0.1, 0.15) is 5.41 Å². The average Bonchev–Trinajstić information content (AvgIpc) is 2.66. The van der Waals surface area contributed by atoms with Crippen LogP contribution in [0.1, 0.15) is 31.2 Å². The predicted octanol–water partition coefficient (Wildman–Crippen LogP) is 0.906. The Morgan fingerprint density at radius 1 is 1.15 bits per heavy atom. The van der Waals surface area contributed by atoms with Crippen LogP contribution in [0.2, 0.25) is 0 Å². The van der Waals surface area contributed by atoms with E-state index in [1.54, 1.807) is 4.90 Å². The Labute approximate surface area is 158 Å². The summed E-state index contributed by atoms with van der Waals surface area (Å²) in [5.74, 6) is -1.30. The van der Waals surface area contributed by atoms with Crippen LogP contribution in [0.25, 0.3) is 0 Å². The molecule has 2 aliphatic heterocycles. The molecule has 2 N–H and O–H groups in total. The lowest BCUT2D eigenvalue weighted by atomic mass is 9.71. The van der Waals surface area contributed by atoms with Gasteiger partial charge < -0.3 is 20.0 Å². The van der Waals surface area contributed by atoms with Crippen LogP contribution in [0.4, 0.5) is 0 Å². The summed E-state index contributed by atoms with van der Waals surface area (Å²) in [6, 6.07) is 9.22. The van der Waals surface area contributed by atoms with Gasteiger partial charge in [-0.1, -0.05) is 30.3 Å². The molecule has 2 atom stereocenters. The third kappa shape index (κ3) is 4.13. The van der Waals surface area contributed by atoms with Crippen molar-refractivity contribution in [3.63, 3.8) is 0 Å². The molecule has 2 heterocycles. The first-order chi connectivity index (χ1) is 12.9. The highest BCUT2D eigenvalue weighted by Gasteiger charge is 2.49. The van der Waals surface area contributed by atoms with E-state index in [1.807, 2.05) is 30.3 Å². The van der Waals surface area contributed by atoms with Crippen molar-refractivity contribution in [3.8, 4) is 0 Å². The zero-order valence-electron chi connectivity index (χ0n) is 15.3. The standard InChI is InChI=1S/C20H26N2O5/c23-16-13-22(18(25)14-21-10-5-4-8-17(21)24)11-9-20(16,19(26)27)12-15-6-2-1-3-7-15/h1-3,6-7,16,23H,4-5,8-14H2,(H,26,27)/t16-,20-/m1/s1. The molecule has 0 saturated carbocycles. The van der Waals surface area contributed by atoms with E-state index in [2.05, 4.69) is 0 Å². The van der Waals surface area contributed by atoms with Crippen LogP contribution < -0.4 is 0 Å². The minimum absolute atomic E-state index is 0.00428. The lowest BCUT2D eigenvalue weighted by molar-refractivity contribution is -0.166. The normalized spacial score (nSPS) is 26.1. The van der Waals surface area contributed by atoms with E-state index >= 15 is 0 Å². The van der Waals surface area contributed by atoms with Gasteiger partial charge in [-0.15, -0.1) is 0 Å². The number of benzene rings is 1. The van der Waals surface area contributed by atoms with Crippen LogP contribution >= 0.6 is 0 Å². The molecule has 1 aromatic carbocycles. The highest BCUT2D eigenvalue weighted by atomic mass is 16.4. The maximum atomic E-state index is 12.6. The fourth-order valence-corrected chi connectivity index (χ4v) is 3.99. The molecule has 2 fully saturated rings. The zero-order valence-corrected chi connectivity index (χ0v) is 15.3. The van der Waals surface area contributed by atoms with E-state index in [0.717, 1.165) is 18.4 Å². The van der Waals surface area contributed by atoms with Gasteiger partial charge in [-0.2, -0.15) is 0 Å². The minimum Gasteiger partial charge on any atom is -0.481 e. The number of aliphatic hydroxyl groups is 1. The molecule has 0 aromatic heterocycles.